The summed E-state index contributed by atoms with van der Waals surface area (Å²) in [5.74, 6) is -0.771. The van der Waals surface area contributed by atoms with Crippen LogP contribution >= 0.6 is 0 Å². The summed E-state index contributed by atoms with van der Waals surface area (Å²) in [5, 5.41) is 2.88. The largest absolute Gasteiger partial charge is 0.353 e. The molecule has 1 heterocycles. The summed E-state index contributed by atoms with van der Waals surface area (Å²) in [6.07, 6.45) is 0. The number of hydrogen-bond donors (Lipinski definition) is 1. The predicted octanol–water partition coefficient (Wildman–Crippen LogP) is 2.17. The van der Waals surface area contributed by atoms with Gasteiger partial charge >= 0.3 is 0 Å². The molecule has 23 heavy (non-hydrogen) atoms. The van der Waals surface area contributed by atoms with Crippen LogP contribution in [0.4, 0.5) is 8.78 Å². The first-order valence-electron chi connectivity index (χ1n) is 8.07. The minimum Gasteiger partial charge on any atom is -0.353 e. The molecule has 1 unspecified atom stereocenters. The number of amides is 1. The van der Waals surface area contributed by atoms with Crippen LogP contribution in [0.25, 0.3) is 0 Å². The number of hydrogen-bond acceptors (Lipinski definition) is 3. The number of nitrogens with one attached hydrogen (secondary N) is 1. The Labute approximate surface area is 136 Å². The molecule has 0 aromatic heterocycles. The number of carbonyl (C=O) groups excluding carboxylic acids is 1. The van der Waals surface area contributed by atoms with Gasteiger partial charge in [0.05, 0.1) is 6.54 Å². The van der Waals surface area contributed by atoms with E-state index in [0.29, 0.717) is 12.1 Å². The summed E-state index contributed by atoms with van der Waals surface area (Å²) in [4.78, 5) is 16.0. The summed E-state index contributed by atoms with van der Waals surface area (Å²) in [7, 11) is 0. The topological polar surface area (TPSA) is 35.6 Å². The Balaban J connectivity index is 1.88. The van der Waals surface area contributed by atoms with E-state index in [-0.39, 0.29) is 23.8 Å². The van der Waals surface area contributed by atoms with E-state index in [1.54, 1.807) is 0 Å². The van der Waals surface area contributed by atoms with Gasteiger partial charge in [0.2, 0.25) is 5.91 Å². The lowest BCUT2D eigenvalue weighted by atomic mass is 10.1. The van der Waals surface area contributed by atoms with Gasteiger partial charge in [0.25, 0.3) is 0 Å². The van der Waals surface area contributed by atoms with Crippen molar-refractivity contribution in [1.29, 1.82) is 0 Å². The van der Waals surface area contributed by atoms with Crippen molar-refractivity contribution in [1.82, 2.24) is 15.1 Å². The van der Waals surface area contributed by atoms with Gasteiger partial charge in [-0.1, -0.05) is 0 Å². The molecule has 1 aliphatic rings. The number of benzene rings is 1. The first-order chi connectivity index (χ1) is 10.9. The van der Waals surface area contributed by atoms with Crippen LogP contribution in [0.3, 0.4) is 0 Å². The molecular formula is C17H25F2N3O. The van der Waals surface area contributed by atoms with Crippen LogP contribution in [0.1, 0.15) is 32.4 Å². The molecule has 6 heteroatoms. The van der Waals surface area contributed by atoms with Crippen molar-refractivity contribution in [3.8, 4) is 0 Å². The molecule has 1 saturated heterocycles. The van der Waals surface area contributed by atoms with E-state index in [2.05, 4.69) is 15.1 Å². The number of nitrogens with zero attached hydrogens (tertiary/aromatic N) is 2. The van der Waals surface area contributed by atoms with E-state index in [0.717, 1.165) is 32.2 Å². The van der Waals surface area contributed by atoms with Gasteiger partial charge in [0.1, 0.15) is 11.6 Å². The lowest BCUT2D eigenvalue weighted by Gasteiger charge is -2.38. The monoisotopic (exact) mass is 325 g/mol. The van der Waals surface area contributed by atoms with E-state index in [1.165, 1.54) is 12.1 Å². The Hall–Kier alpha value is -1.53. The van der Waals surface area contributed by atoms with Crippen molar-refractivity contribution < 1.29 is 13.6 Å². The van der Waals surface area contributed by atoms with E-state index in [4.69, 9.17) is 0 Å². The van der Waals surface area contributed by atoms with Crippen LogP contribution in [0, 0.1) is 11.6 Å². The molecule has 0 saturated carbocycles. The van der Waals surface area contributed by atoms with Crippen molar-refractivity contribution in [2.75, 3.05) is 32.7 Å². The smallest absolute Gasteiger partial charge is 0.234 e. The maximum Gasteiger partial charge on any atom is 0.234 e. The van der Waals surface area contributed by atoms with Gasteiger partial charge in [0, 0.05) is 43.8 Å². The Morgan fingerprint density at radius 3 is 2.43 bits per heavy atom. The Bertz CT molecular complexity index is 543. The van der Waals surface area contributed by atoms with E-state index < -0.39 is 5.82 Å². The molecular weight excluding hydrogens is 300 g/mol. The molecule has 1 aromatic carbocycles. The average molecular weight is 325 g/mol. The third kappa shape index (κ3) is 4.97. The fraction of sp³-hybridized carbons (Fsp3) is 0.588. The first-order valence-corrected chi connectivity index (χ1v) is 8.07. The lowest BCUT2D eigenvalue weighted by Crippen LogP contribution is -2.50. The second-order valence-electron chi connectivity index (χ2n) is 6.38. The summed E-state index contributed by atoms with van der Waals surface area (Å²) < 4.78 is 27.2. The zero-order chi connectivity index (χ0) is 17.0. The van der Waals surface area contributed by atoms with Crippen LogP contribution in [-0.2, 0) is 4.79 Å². The van der Waals surface area contributed by atoms with Gasteiger partial charge in [-0.2, -0.15) is 0 Å². The standard InChI is InChI=1S/C17H25F2N3O/c1-12(2)20-17(23)11-21-6-8-22(9-7-21)13(3)15-10-14(18)4-5-16(15)19/h4-5,10,12-13H,6-9,11H2,1-3H3,(H,20,23). The molecule has 2 rings (SSSR count). The summed E-state index contributed by atoms with van der Waals surface area (Å²) in [6, 6.07) is 3.53. The highest BCUT2D eigenvalue weighted by atomic mass is 19.1. The number of piperazine rings is 1. The van der Waals surface area contributed by atoms with Crippen molar-refractivity contribution in [2.45, 2.75) is 32.9 Å². The highest BCUT2D eigenvalue weighted by molar-refractivity contribution is 5.78. The second kappa shape index (κ2) is 7.84. The second-order valence-corrected chi connectivity index (χ2v) is 6.38. The maximum atomic E-state index is 13.9. The summed E-state index contributed by atoms with van der Waals surface area (Å²) in [6.45, 7) is 9.08. The predicted molar refractivity (Wildman–Crippen MR) is 86.1 cm³/mol. The molecule has 1 aromatic rings. The van der Waals surface area contributed by atoms with E-state index >= 15 is 0 Å². The first kappa shape index (κ1) is 17.8. The van der Waals surface area contributed by atoms with Crippen molar-refractivity contribution >= 4 is 5.91 Å². The Kier molecular flexibility index (Phi) is 6.07. The van der Waals surface area contributed by atoms with Crippen molar-refractivity contribution in [3.05, 3.63) is 35.4 Å². The average Bonchev–Trinajstić information content (AvgIpc) is 2.49. The molecule has 1 fully saturated rings. The van der Waals surface area contributed by atoms with Crippen LogP contribution < -0.4 is 5.32 Å². The highest BCUT2D eigenvalue weighted by Crippen LogP contribution is 2.24. The molecule has 1 amide bonds. The zero-order valence-electron chi connectivity index (χ0n) is 14.0. The van der Waals surface area contributed by atoms with Crippen LogP contribution in [0.5, 0.6) is 0 Å². The van der Waals surface area contributed by atoms with Gasteiger partial charge in [-0.15, -0.1) is 0 Å². The fourth-order valence-corrected chi connectivity index (χ4v) is 2.91. The molecule has 4 nitrogen and oxygen atoms in total. The summed E-state index contributed by atoms with van der Waals surface area (Å²) in [5.41, 5.74) is 0.385. The quantitative estimate of drug-likeness (QED) is 0.901. The summed E-state index contributed by atoms with van der Waals surface area (Å²) >= 11 is 0. The molecule has 1 aliphatic heterocycles. The molecule has 0 bridgehead atoms. The Morgan fingerprint density at radius 1 is 1.17 bits per heavy atom. The lowest BCUT2D eigenvalue weighted by molar-refractivity contribution is -0.123. The third-order valence-corrected chi connectivity index (χ3v) is 4.18. The van der Waals surface area contributed by atoms with E-state index in [9.17, 15) is 13.6 Å². The van der Waals surface area contributed by atoms with E-state index in [1.807, 2.05) is 20.8 Å². The highest BCUT2D eigenvalue weighted by Gasteiger charge is 2.25. The molecule has 128 valence electrons. The number of halogens is 2. The molecule has 0 aliphatic carbocycles. The van der Waals surface area contributed by atoms with Gasteiger partial charge in [-0.05, 0) is 39.0 Å². The molecule has 1 N–H and O–H groups in total. The van der Waals surface area contributed by atoms with Crippen LogP contribution in [0.15, 0.2) is 18.2 Å². The van der Waals surface area contributed by atoms with Gasteiger partial charge in [-0.25, -0.2) is 8.78 Å². The van der Waals surface area contributed by atoms with Gasteiger partial charge < -0.3 is 5.32 Å². The minimum absolute atomic E-state index is 0.0256. The normalized spacial score (nSPS) is 18.2. The SMILES string of the molecule is CC(C)NC(=O)CN1CCN(C(C)c2cc(F)ccc2F)CC1. The minimum atomic E-state index is -0.419. The van der Waals surface area contributed by atoms with Crippen LogP contribution in [0.2, 0.25) is 0 Å². The van der Waals surface area contributed by atoms with Gasteiger partial charge in [-0.3, -0.25) is 14.6 Å². The van der Waals surface area contributed by atoms with Crippen LogP contribution in [-0.4, -0.2) is 54.5 Å². The zero-order valence-corrected chi connectivity index (χ0v) is 14.0. The molecule has 0 spiro atoms. The molecule has 1 atom stereocenters. The number of rotatable bonds is 5. The third-order valence-electron chi connectivity index (χ3n) is 4.18. The van der Waals surface area contributed by atoms with Crippen molar-refractivity contribution in [3.63, 3.8) is 0 Å². The fourth-order valence-electron chi connectivity index (χ4n) is 2.91. The molecule has 0 radical (unpaired) electrons. The van der Waals surface area contributed by atoms with Gasteiger partial charge in [0.15, 0.2) is 0 Å². The Morgan fingerprint density at radius 2 is 1.83 bits per heavy atom. The maximum absolute atomic E-state index is 13.9. The van der Waals surface area contributed by atoms with Crippen molar-refractivity contribution in [2.24, 2.45) is 0 Å². The number of carbonyl (C=O) groups is 1.